The first-order chi connectivity index (χ1) is 20.2. The highest BCUT2D eigenvalue weighted by Crippen LogP contribution is 2.30. The Hall–Kier alpha value is -4.70. The number of nitrogens with one attached hydrogen (secondary N) is 2. The van der Waals surface area contributed by atoms with E-state index in [1.807, 2.05) is 43.3 Å². The van der Waals surface area contributed by atoms with Crippen LogP contribution >= 0.6 is 0 Å². The van der Waals surface area contributed by atoms with Gasteiger partial charge in [-0.2, -0.15) is 5.10 Å². The molecular weight excluding hydrogens is 543 g/mol. The van der Waals surface area contributed by atoms with Crippen LogP contribution in [0.4, 0.5) is 13.2 Å². The normalized spacial score (nSPS) is 18.4. The van der Waals surface area contributed by atoms with Crippen LogP contribution in [0.3, 0.4) is 0 Å². The highest BCUT2D eigenvalue weighted by atomic mass is 19.3. The molecule has 214 valence electrons. The van der Waals surface area contributed by atoms with E-state index in [1.54, 1.807) is 41.6 Å². The number of fused-ring (bicyclic) bond motifs is 1. The van der Waals surface area contributed by atoms with Crippen molar-refractivity contribution in [2.45, 2.75) is 25.8 Å². The molecule has 2 N–H and O–H groups in total. The summed E-state index contributed by atoms with van der Waals surface area (Å²) in [5.41, 5.74) is 3.96. The number of ether oxygens (including phenoxy) is 1. The Bertz CT molecular complexity index is 1740. The van der Waals surface area contributed by atoms with Crippen molar-refractivity contribution in [3.8, 4) is 16.9 Å². The smallest absolute Gasteiger partial charge is 0.276 e. The van der Waals surface area contributed by atoms with Crippen LogP contribution in [-0.4, -0.2) is 45.0 Å². The van der Waals surface area contributed by atoms with Crippen molar-refractivity contribution in [1.82, 2.24) is 25.4 Å². The number of benzene rings is 2. The lowest BCUT2D eigenvalue weighted by molar-refractivity contribution is 0.0115. The number of aromatic nitrogens is 3. The van der Waals surface area contributed by atoms with Gasteiger partial charge in [-0.15, -0.1) is 0 Å². The van der Waals surface area contributed by atoms with Crippen molar-refractivity contribution in [1.29, 1.82) is 0 Å². The third-order valence-electron chi connectivity index (χ3n) is 7.15. The Kier molecular flexibility index (Phi) is 7.38. The summed E-state index contributed by atoms with van der Waals surface area (Å²) in [6.07, 6.45) is 10.5. The molecule has 2 aliphatic rings. The van der Waals surface area contributed by atoms with E-state index >= 15 is 0 Å². The lowest BCUT2D eigenvalue weighted by Crippen LogP contribution is -2.24. The number of halogens is 3. The molecule has 0 bridgehead atoms. The van der Waals surface area contributed by atoms with Gasteiger partial charge in [0.05, 0.1) is 12.1 Å². The number of carbonyl (C=O) groups is 1. The molecule has 1 fully saturated rings. The summed E-state index contributed by atoms with van der Waals surface area (Å²) in [7, 11) is 0. The highest BCUT2D eigenvalue weighted by molar-refractivity contribution is 6.06. The fraction of sp³-hybridized carbons (Fsp3) is 0.219. The number of pyridine rings is 1. The number of aromatic amines is 1. The molecule has 7 nitrogen and oxygen atoms in total. The second-order valence-electron chi connectivity index (χ2n) is 10.6. The molecule has 0 radical (unpaired) electrons. The molecule has 1 saturated heterocycles. The maximum Gasteiger partial charge on any atom is 0.276 e. The number of hydrogen-bond acceptors (Lipinski definition) is 5. The van der Waals surface area contributed by atoms with Gasteiger partial charge in [0, 0.05) is 54.6 Å². The van der Waals surface area contributed by atoms with Crippen molar-refractivity contribution >= 4 is 16.8 Å². The third kappa shape index (κ3) is 6.28. The van der Waals surface area contributed by atoms with Crippen LogP contribution in [0, 0.1) is 11.7 Å². The van der Waals surface area contributed by atoms with Crippen LogP contribution in [-0.2, 0) is 6.54 Å². The Morgan fingerprint density at radius 3 is 2.81 bits per heavy atom. The Morgan fingerprint density at radius 2 is 2.00 bits per heavy atom. The molecule has 0 saturated carbocycles. The Labute approximate surface area is 240 Å². The average Bonchev–Trinajstić information content (AvgIpc) is 3.48. The monoisotopic (exact) mass is 571 g/mol. The van der Waals surface area contributed by atoms with E-state index in [9.17, 15) is 18.0 Å². The molecule has 1 aliphatic carbocycles. The molecule has 10 heteroatoms. The number of nitrogens with zero attached hydrogens (tertiary/aromatic N) is 3. The summed E-state index contributed by atoms with van der Waals surface area (Å²) in [5.74, 6) is -2.60. The summed E-state index contributed by atoms with van der Waals surface area (Å²) < 4.78 is 46.6. The molecule has 2 aromatic heterocycles. The number of rotatable bonds is 7. The minimum absolute atomic E-state index is 0.0760. The Morgan fingerprint density at radius 1 is 1.12 bits per heavy atom. The number of allylic oxidation sites excluding steroid dienone is 4. The minimum atomic E-state index is -2.65. The van der Waals surface area contributed by atoms with E-state index in [4.69, 9.17) is 4.74 Å². The zero-order valence-corrected chi connectivity index (χ0v) is 22.8. The molecule has 0 spiro atoms. The van der Waals surface area contributed by atoms with E-state index in [0.29, 0.717) is 41.2 Å². The number of amides is 1. The molecule has 1 atom stereocenters. The molecular formula is C32H28F3N5O2. The number of hydrogen-bond donors (Lipinski definition) is 2. The van der Waals surface area contributed by atoms with Crippen LogP contribution < -0.4 is 10.1 Å². The molecule has 1 unspecified atom stereocenters. The van der Waals surface area contributed by atoms with Crippen molar-refractivity contribution < 1.29 is 22.7 Å². The third-order valence-corrected chi connectivity index (χ3v) is 7.15. The summed E-state index contributed by atoms with van der Waals surface area (Å²) in [4.78, 5) is 19.4. The second-order valence-corrected chi connectivity index (χ2v) is 10.6. The molecule has 3 heterocycles. The van der Waals surface area contributed by atoms with Crippen LogP contribution in [0.1, 0.15) is 29.4 Å². The van der Waals surface area contributed by atoms with Gasteiger partial charge in [0.25, 0.3) is 11.8 Å². The summed E-state index contributed by atoms with van der Waals surface area (Å²) in [6, 6.07) is 13.4. The van der Waals surface area contributed by atoms with Gasteiger partial charge in [0.2, 0.25) is 0 Å². The van der Waals surface area contributed by atoms with Crippen molar-refractivity contribution in [2.24, 2.45) is 5.92 Å². The quantitative estimate of drug-likeness (QED) is 0.269. The fourth-order valence-electron chi connectivity index (χ4n) is 5.18. The number of likely N-dealkylation sites (tertiary alicyclic amines) is 1. The summed E-state index contributed by atoms with van der Waals surface area (Å²) in [5, 5.41) is 10.7. The van der Waals surface area contributed by atoms with Crippen LogP contribution in [0.25, 0.3) is 22.0 Å². The fourth-order valence-corrected chi connectivity index (χ4v) is 5.18. The number of alkyl halides is 2. The average molecular weight is 572 g/mol. The molecule has 4 aromatic rings. The van der Waals surface area contributed by atoms with Crippen LogP contribution in [0.2, 0.25) is 0 Å². The van der Waals surface area contributed by atoms with Crippen LogP contribution in [0.5, 0.6) is 5.75 Å². The van der Waals surface area contributed by atoms with Crippen molar-refractivity contribution in [3.05, 3.63) is 114 Å². The topological polar surface area (TPSA) is 83.1 Å². The van der Waals surface area contributed by atoms with Gasteiger partial charge in [-0.05, 0) is 65.6 Å². The first-order valence-electron chi connectivity index (χ1n) is 13.6. The zero-order valence-electron chi connectivity index (χ0n) is 22.8. The van der Waals surface area contributed by atoms with Gasteiger partial charge < -0.3 is 10.1 Å². The summed E-state index contributed by atoms with van der Waals surface area (Å²) in [6.45, 7) is 2.43. The van der Waals surface area contributed by atoms with Crippen molar-refractivity contribution in [2.75, 3.05) is 13.1 Å². The Balaban J connectivity index is 1.18. The predicted octanol–water partition coefficient (Wildman–Crippen LogP) is 6.39. The van der Waals surface area contributed by atoms with Crippen molar-refractivity contribution in [3.63, 3.8) is 0 Å². The lowest BCUT2D eigenvalue weighted by Gasteiger charge is -2.15. The molecule has 6 rings (SSSR count). The molecule has 1 aliphatic heterocycles. The largest absolute Gasteiger partial charge is 0.458 e. The molecule has 2 aromatic carbocycles. The molecule has 42 heavy (non-hydrogen) atoms. The van der Waals surface area contributed by atoms with Gasteiger partial charge >= 0.3 is 0 Å². The second kappa shape index (κ2) is 11.3. The highest BCUT2D eigenvalue weighted by Gasteiger charge is 2.37. The van der Waals surface area contributed by atoms with E-state index in [1.165, 1.54) is 12.1 Å². The number of H-pyrrole nitrogens is 1. The van der Waals surface area contributed by atoms with E-state index in [0.717, 1.165) is 16.7 Å². The van der Waals surface area contributed by atoms with Gasteiger partial charge in [0.15, 0.2) is 5.69 Å². The van der Waals surface area contributed by atoms with Gasteiger partial charge in [-0.1, -0.05) is 25.1 Å². The summed E-state index contributed by atoms with van der Waals surface area (Å²) >= 11 is 0. The first kappa shape index (κ1) is 27.5. The standard InChI is InChI=1S/C32H28F3N5O2/c1-20-11-25(6-7-27(12-20)42-26-4-2-3-24(33)15-26)37-31(41)30-28-14-22(5-8-29(28)38-39-30)23-13-21(16-36-17-23)18-40-10-9-32(34,35)19-40/h2-8,11-17,20H,9-10,18-19H2,1H3,(H,37,41)(H,38,39). The first-order valence-corrected chi connectivity index (χ1v) is 13.6. The SMILES string of the molecule is CC1C=C(NC(=O)c2n[nH]c3ccc(-c4cncc(CN5CCC(F)(F)C5)c4)cc23)C=CC(Oc2cccc(F)c2)=C1. The zero-order chi connectivity index (χ0) is 29.3. The minimum Gasteiger partial charge on any atom is -0.458 e. The van der Waals surface area contributed by atoms with Crippen LogP contribution in [0.15, 0.2) is 96.7 Å². The molecule has 1 amide bonds. The van der Waals surface area contributed by atoms with Gasteiger partial charge in [0.1, 0.15) is 17.3 Å². The number of carbonyl (C=O) groups excluding carboxylic acids is 1. The lowest BCUT2D eigenvalue weighted by atomic mass is 10.0. The predicted molar refractivity (Wildman–Crippen MR) is 153 cm³/mol. The van der Waals surface area contributed by atoms with E-state index < -0.39 is 17.6 Å². The van der Waals surface area contributed by atoms with Gasteiger partial charge in [-0.3, -0.25) is 19.8 Å². The maximum atomic E-state index is 13.6. The van der Waals surface area contributed by atoms with Gasteiger partial charge in [-0.25, -0.2) is 13.2 Å². The van der Waals surface area contributed by atoms with E-state index in [-0.39, 0.29) is 24.6 Å². The maximum absolute atomic E-state index is 13.6. The van der Waals surface area contributed by atoms with E-state index in [2.05, 4.69) is 20.5 Å².